The maximum Gasteiger partial charge on any atom is 0.407 e. The van der Waals surface area contributed by atoms with Crippen LogP contribution >= 0.6 is 15.9 Å². The van der Waals surface area contributed by atoms with Gasteiger partial charge in [0.05, 0.1) is 0 Å². The third kappa shape index (κ3) is 6.70. The minimum absolute atomic E-state index is 0.294. The Morgan fingerprint density at radius 3 is 2.48 bits per heavy atom. The van der Waals surface area contributed by atoms with E-state index in [1.54, 1.807) is 0 Å². The van der Waals surface area contributed by atoms with Gasteiger partial charge in [-0.1, -0.05) is 82.7 Å². The molecule has 0 spiro atoms. The highest BCUT2D eigenvalue weighted by Gasteiger charge is 2.00. The van der Waals surface area contributed by atoms with E-state index in [1.165, 1.54) is 5.56 Å². The van der Waals surface area contributed by atoms with E-state index in [2.05, 4.69) is 51.6 Å². The number of hydrogen-bond acceptors (Lipinski definition) is 2. The van der Waals surface area contributed by atoms with Gasteiger partial charge < -0.3 is 10.1 Å². The van der Waals surface area contributed by atoms with Crippen LogP contribution < -0.4 is 5.32 Å². The first-order valence-electron chi connectivity index (χ1n) is 7.54. The molecule has 4 heteroatoms. The number of carbonyl (C=O) groups is 1. The molecule has 0 unspecified atom stereocenters. The van der Waals surface area contributed by atoms with Crippen molar-refractivity contribution in [3.63, 3.8) is 0 Å². The topological polar surface area (TPSA) is 38.3 Å². The number of hydrogen-bond donors (Lipinski definition) is 1. The van der Waals surface area contributed by atoms with Crippen LogP contribution in [-0.4, -0.2) is 12.6 Å². The van der Waals surface area contributed by atoms with E-state index >= 15 is 0 Å². The summed E-state index contributed by atoms with van der Waals surface area (Å²) in [5.74, 6) is 0. The first-order chi connectivity index (χ1) is 11.3. The van der Waals surface area contributed by atoms with E-state index in [1.807, 2.05) is 36.4 Å². The molecule has 0 fully saturated rings. The van der Waals surface area contributed by atoms with E-state index in [0.717, 1.165) is 22.9 Å². The maximum absolute atomic E-state index is 11.6. The number of alkyl carbamates (subject to hydrolysis) is 1. The fourth-order valence-corrected chi connectivity index (χ4v) is 2.34. The first-order valence-corrected chi connectivity index (χ1v) is 8.66. The zero-order valence-corrected chi connectivity index (χ0v) is 14.5. The van der Waals surface area contributed by atoms with Gasteiger partial charge in [0.2, 0.25) is 0 Å². The molecule has 0 aliphatic heterocycles. The van der Waals surface area contributed by atoms with Crippen molar-refractivity contribution >= 4 is 28.1 Å². The van der Waals surface area contributed by atoms with Crippen LogP contribution in [-0.2, 0) is 16.7 Å². The molecule has 0 atom stereocenters. The van der Waals surface area contributed by atoms with Crippen LogP contribution in [0.15, 0.2) is 60.7 Å². The van der Waals surface area contributed by atoms with Crippen molar-refractivity contribution in [1.82, 2.24) is 5.32 Å². The van der Waals surface area contributed by atoms with Crippen molar-refractivity contribution in [2.24, 2.45) is 0 Å². The summed E-state index contributed by atoms with van der Waals surface area (Å²) in [6, 6.07) is 18.0. The summed E-state index contributed by atoms with van der Waals surface area (Å²) in [6.45, 7) is 0.853. The second-order valence-electron chi connectivity index (χ2n) is 5.05. The van der Waals surface area contributed by atoms with Gasteiger partial charge in [0.25, 0.3) is 0 Å². The summed E-state index contributed by atoms with van der Waals surface area (Å²) in [5, 5.41) is 3.61. The van der Waals surface area contributed by atoms with Crippen LogP contribution in [0.4, 0.5) is 4.79 Å². The molecule has 1 N–H and O–H groups in total. The highest BCUT2D eigenvalue weighted by molar-refractivity contribution is 9.08. The van der Waals surface area contributed by atoms with Gasteiger partial charge in [-0.3, -0.25) is 0 Å². The van der Waals surface area contributed by atoms with E-state index in [-0.39, 0.29) is 6.09 Å². The Morgan fingerprint density at radius 2 is 1.78 bits per heavy atom. The van der Waals surface area contributed by atoms with Crippen molar-refractivity contribution in [3.05, 3.63) is 77.4 Å². The predicted molar refractivity (Wildman–Crippen MR) is 97.4 cm³/mol. The Hall–Kier alpha value is -2.07. The summed E-state index contributed by atoms with van der Waals surface area (Å²) in [6.07, 6.45) is 4.47. The molecule has 0 aliphatic rings. The lowest BCUT2D eigenvalue weighted by atomic mass is 10.1. The number of carbonyl (C=O) groups excluding carboxylic acids is 1. The third-order valence-corrected chi connectivity index (χ3v) is 3.88. The lowest BCUT2D eigenvalue weighted by Gasteiger charge is -2.05. The Balaban J connectivity index is 1.62. The van der Waals surface area contributed by atoms with Crippen LogP contribution in [0.1, 0.15) is 23.1 Å². The van der Waals surface area contributed by atoms with Crippen LogP contribution in [0, 0.1) is 0 Å². The minimum atomic E-state index is -0.385. The molecule has 0 heterocycles. The van der Waals surface area contributed by atoms with Gasteiger partial charge in [-0.2, -0.15) is 0 Å². The molecule has 0 saturated heterocycles. The van der Waals surface area contributed by atoms with Crippen molar-refractivity contribution < 1.29 is 9.53 Å². The Labute approximate surface area is 145 Å². The van der Waals surface area contributed by atoms with Crippen LogP contribution in [0.25, 0.3) is 6.08 Å². The Morgan fingerprint density at radius 1 is 1.04 bits per heavy atom. The zero-order chi connectivity index (χ0) is 16.3. The molecule has 2 rings (SSSR count). The highest BCUT2D eigenvalue weighted by Crippen LogP contribution is 2.09. The van der Waals surface area contributed by atoms with E-state index in [0.29, 0.717) is 13.2 Å². The minimum Gasteiger partial charge on any atom is -0.445 e. The van der Waals surface area contributed by atoms with Crippen molar-refractivity contribution in [2.75, 3.05) is 6.54 Å². The van der Waals surface area contributed by atoms with Crippen molar-refractivity contribution in [3.8, 4) is 0 Å². The molecular weight excluding hydrogens is 354 g/mol. The lowest BCUT2D eigenvalue weighted by molar-refractivity contribution is 0.140. The molecule has 2 aromatic carbocycles. The Kier molecular flexibility index (Phi) is 7.40. The van der Waals surface area contributed by atoms with E-state index < -0.39 is 0 Å². The SMILES string of the molecule is O=C(NCCC=Cc1ccc(CBr)cc1)OCc1ccccc1. The summed E-state index contributed by atoms with van der Waals surface area (Å²) in [4.78, 5) is 11.6. The van der Waals surface area contributed by atoms with Gasteiger partial charge in [-0.05, 0) is 23.1 Å². The summed E-state index contributed by atoms with van der Waals surface area (Å²) < 4.78 is 5.14. The van der Waals surface area contributed by atoms with Gasteiger partial charge in [0, 0.05) is 11.9 Å². The number of rotatable bonds is 7. The quantitative estimate of drug-likeness (QED) is 0.552. The summed E-state index contributed by atoms with van der Waals surface area (Å²) in [7, 11) is 0. The van der Waals surface area contributed by atoms with Gasteiger partial charge in [-0.25, -0.2) is 4.79 Å². The largest absolute Gasteiger partial charge is 0.445 e. The zero-order valence-electron chi connectivity index (χ0n) is 12.9. The molecule has 1 amide bonds. The van der Waals surface area contributed by atoms with Crippen LogP contribution in [0.5, 0.6) is 0 Å². The van der Waals surface area contributed by atoms with Gasteiger partial charge >= 0.3 is 6.09 Å². The lowest BCUT2D eigenvalue weighted by Crippen LogP contribution is -2.24. The molecule has 0 radical (unpaired) electrons. The molecule has 120 valence electrons. The second kappa shape index (κ2) is 9.85. The third-order valence-electron chi connectivity index (χ3n) is 3.24. The van der Waals surface area contributed by atoms with Crippen molar-refractivity contribution in [1.29, 1.82) is 0 Å². The fraction of sp³-hybridized carbons (Fsp3) is 0.211. The monoisotopic (exact) mass is 373 g/mol. The second-order valence-corrected chi connectivity index (χ2v) is 5.62. The number of benzene rings is 2. The summed E-state index contributed by atoms with van der Waals surface area (Å²) in [5.41, 5.74) is 3.39. The molecule has 23 heavy (non-hydrogen) atoms. The standard InChI is InChI=1S/C19H20BrNO2/c20-14-17-11-9-16(10-12-17)6-4-5-13-21-19(22)23-15-18-7-2-1-3-8-18/h1-4,6-12H,5,13-15H2,(H,21,22). The predicted octanol–water partition coefficient (Wildman–Crippen LogP) is 4.91. The molecule has 0 bridgehead atoms. The number of ether oxygens (including phenoxy) is 1. The average molecular weight is 374 g/mol. The first kappa shape index (κ1) is 17.3. The highest BCUT2D eigenvalue weighted by atomic mass is 79.9. The number of halogens is 1. The van der Waals surface area contributed by atoms with E-state index in [9.17, 15) is 4.79 Å². The van der Waals surface area contributed by atoms with Crippen LogP contribution in [0.3, 0.4) is 0 Å². The summed E-state index contributed by atoms with van der Waals surface area (Å²) >= 11 is 3.43. The maximum atomic E-state index is 11.6. The van der Waals surface area contributed by atoms with E-state index in [4.69, 9.17) is 4.74 Å². The number of nitrogens with one attached hydrogen (secondary N) is 1. The van der Waals surface area contributed by atoms with Gasteiger partial charge in [0.15, 0.2) is 0 Å². The fourth-order valence-electron chi connectivity index (χ4n) is 1.97. The molecule has 0 aliphatic carbocycles. The van der Waals surface area contributed by atoms with Gasteiger partial charge in [0.1, 0.15) is 6.61 Å². The van der Waals surface area contributed by atoms with Gasteiger partial charge in [-0.15, -0.1) is 0 Å². The molecule has 0 aromatic heterocycles. The molecular formula is C19H20BrNO2. The number of amides is 1. The van der Waals surface area contributed by atoms with Crippen molar-refractivity contribution in [2.45, 2.75) is 18.4 Å². The smallest absolute Gasteiger partial charge is 0.407 e. The molecule has 3 nitrogen and oxygen atoms in total. The average Bonchev–Trinajstić information content (AvgIpc) is 2.61. The van der Waals surface area contributed by atoms with Crippen LogP contribution in [0.2, 0.25) is 0 Å². The molecule has 2 aromatic rings. The molecule has 0 saturated carbocycles. The Bertz CT molecular complexity index is 624. The number of alkyl halides is 1. The normalized spacial score (nSPS) is 10.7.